The third-order valence-corrected chi connectivity index (χ3v) is 3.77. The van der Waals surface area contributed by atoms with Gasteiger partial charge in [0, 0.05) is 42.4 Å². The van der Waals surface area contributed by atoms with Crippen molar-refractivity contribution in [3.8, 4) is 17.0 Å². The number of nitro groups is 1. The van der Waals surface area contributed by atoms with Gasteiger partial charge in [0.1, 0.15) is 0 Å². The van der Waals surface area contributed by atoms with Crippen molar-refractivity contribution in [2.24, 2.45) is 0 Å². The number of hydrogen-bond acceptors (Lipinski definition) is 5. The van der Waals surface area contributed by atoms with Crippen molar-refractivity contribution in [2.75, 3.05) is 20.7 Å². The van der Waals surface area contributed by atoms with E-state index in [0.717, 1.165) is 42.0 Å². The van der Waals surface area contributed by atoms with Crippen molar-refractivity contribution < 1.29 is 9.66 Å². The molecule has 0 bridgehead atoms. The molecule has 7 heteroatoms. The van der Waals surface area contributed by atoms with Crippen LogP contribution in [-0.2, 0) is 13.0 Å². The monoisotopic (exact) mass is 288 g/mol. The Kier molecular flexibility index (Phi) is 3.34. The number of nitro benzene ring substituents is 1. The zero-order valence-corrected chi connectivity index (χ0v) is 11.9. The minimum atomic E-state index is -0.437. The number of H-pyrrole nitrogens is 1. The van der Waals surface area contributed by atoms with Crippen LogP contribution in [0.1, 0.15) is 11.3 Å². The van der Waals surface area contributed by atoms with E-state index >= 15 is 0 Å². The van der Waals surface area contributed by atoms with Gasteiger partial charge in [-0.3, -0.25) is 15.2 Å². The van der Waals surface area contributed by atoms with Gasteiger partial charge in [-0.1, -0.05) is 0 Å². The van der Waals surface area contributed by atoms with E-state index < -0.39 is 4.92 Å². The van der Waals surface area contributed by atoms with E-state index in [1.807, 2.05) is 0 Å². The van der Waals surface area contributed by atoms with Crippen molar-refractivity contribution in [3.63, 3.8) is 0 Å². The first-order valence-corrected chi connectivity index (χ1v) is 6.67. The molecule has 0 unspecified atom stereocenters. The second kappa shape index (κ2) is 5.17. The molecule has 7 nitrogen and oxygen atoms in total. The van der Waals surface area contributed by atoms with Crippen LogP contribution in [0.5, 0.6) is 5.75 Å². The summed E-state index contributed by atoms with van der Waals surface area (Å²) in [6.07, 6.45) is 0.914. The minimum absolute atomic E-state index is 0.0454. The van der Waals surface area contributed by atoms with Crippen LogP contribution in [0.2, 0.25) is 0 Å². The molecule has 0 radical (unpaired) electrons. The van der Waals surface area contributed by atoms with Crippen molar-refractivity contribution in [1.29, 1.82) is 0 Å². The van der Waals surface area contributed by atoms with Crippen LogP contribution in [0.25, 0.3) is 11.3 Å². The quantitative estimate of drug-likeness (QED) is 0.689. The highest BCUT2D eigenvalue weighted by Gasteiger charge is 2.23. The maximum absolute atomic E-state index is 11.1. The van der Waals surface area contributed by atoms with Gasteiger partial charge >= 0.3 is 5.69 Å². The Morgan fingerprint density at radius 2 is 2.29 bits per heavy atom. The van der Waals surface area contributed by atoms with Gasteiger partial charge in [-0.25, -0.2) is 0 Å². The van der Waals surface area contributed by atoms with Crippen molar-refractivity contribution in [3.05, 3.63) is 39.6 Å². The average molecular weight is 288 g/mol. The predicted octanol–water partition coefficient (Wildman–Crippen LogP) is 1.98. The standard InChI is InChI=1S/C14H16N4O3/c1-17-6-5-11-10(8-17)14(16-15-11)9-3-4-13(21-2)12(7-9)18(19)20/h3-4,7H,5-6,8H2,1-2H3,(H,15,16). The fourth-order valence-corrected chi connectivity index (χ4v) is 2.65. The molecule has 0 atom stereocenters. The zero-order chi connectivity index (χ0) is 15.0. The lowest BCUT2D eigenvalue weighted by atomic mass is 10.0. The first-order chi connectivity index (χ1) is 10.1. The molecule has 21 heavy (non-hydrogen) atoms. The summed E-state index contributed by atoms with van der Waals surface area (Å²) in [7, 11) is 3.48. The number of fused-ring (bicyclic) bond motifs is 1. The topological polar surface area (TPSA) is 84.3 Å². The highest BCUT2D eigenvalue weighted by atomic mass is 16.6. The molecular weight excluding hydrogens is 272 g/mol. The summed E-state index contributed by atoms with van der Waals surface area (Å²) >= 11 is 0. The Morgan fingerprint density at radius 3 is 3.00 bits per heavy atom. The van der Waals surface area contributed by atoms with E-state index in [0.29, 0.717) is 0 Å². The molecule has 2 aromatic rings. The van der Waals surface area contributed by atoms with Crippen LogP contribution in [0, 0.1) is 10.1 Å². The molecule has 0 fully saturated rings. The molecule has 1 aromatic carbocycles. The summed E-state index contributed by atoms with van der Waals surface area (Å²) in [4.78, 5) is 12.9. The fourth-order valence-electron chi connectivity index (χ4n) is 2.65. The Bertz CT molecular complexity index is 696. The molecule has 1 aromatic heterocycles. The van der Waals surface area contributed by atoms with Crippen molar-refractivity contribution in [1.82, 2.24) is 15.1 Å². The highest BCUT2D eigenvalue weighted by Crippen LogP contribution is 2.34. The van der Waals surface area contributed by atoms with E-state index in [9.17, 15) is 10.1 Å². The number of nitrogens with zero attached hydrogens (tertiary/aromatic N) is 3. The summed E-state index contributed by atoms with van der Waals surface area (Å²) in [5.74, 6) is 0.255. The molecule has 0 saturated carbocycles. The Balaban J connectivity index is 2.07. The second-order valence-electron chi connectivity index (χ2n) is 5.16. The molecule has 0 aliphatic carbocycles. The second-order valence-corrected chi connectivity index (χ2v) is 5.16. The molecule has 1 aliphatic heterocycles. The molecule has 0 spiro atoms. The fraction of sp³-hybridized carbons (Fsp3) is 0.357. The van der Waals surface area contributed by atoms with Crippen LogP contribution >= 0.6 is 0 Å². The number of aromatic amines is 1. The number of methoxy groups -OCH3 is 1. The number of aromatic nitrogens is 2. The van der Waals surface area contributed by atoms with Gasteiger partial charge in [0.05, 0.1) is 17.7 Å². The highest BCUT2D eigenvalue weighted by molar-refractivity contribution is 5.69. The Morgan fingerprint density at radius 1 is 1.48 bits per heavy atom. The van der Waals surface area contributed by atoms with Gasteiger partial charge in [0.25, 0.3) is 0 Å². The van der Waals surface area contributed by atoms with Gasteiger partial charge in [-0.05, 0) is 19.2 Å². The molecule has 0 amide bonds. The molecule has 2 heterocycles. The lowest BCUT2D eigenvalue weighted by molar-refractivity contribution is -0.385. The summed E-state index contributed by atoms with van der Waals surface area (Å²) in [5.41, 5.74) is 3.69. The molecule has 1 aliphatic rings. The van der Waals surface area contributed by atoms with Gasteiger partial charge in [0.2, 0.25) is 0 Å². The lowest BCUT2D eigenvalue weighted by Gasteiger charge is -2.22. The van der Waals surface area contributed by atoms with Crippen LogP contribution in [0.3, 0.4) is 0 Å². The van der Waals surface area contributed by atoms with Crippen molar-refractivity contribution >= 4 is 5.69 Å². The summed E-state index contributed by atoms with van der Waals surface area (Å²) in [6.45, 7) is 1.78. The van der Waals surface area contributed by atoms with Gasteiger partial charge in [0.15, 0.2) is 5.75 Å². The minimum Gasteiger partial charge on any atom is -0.490 e. The Labute approximate surface area is 121 Å². The molecular formula is C14H16N4O3. The van der Waals surface area contributed by atoms with Crippen LogP contribution < -0.4 is 4.74 Å². The van der Waals surface area contributed by atoms with Gasteiger partial charge in [-0.2, -0.15) is 5.10 Å². The molecule has 110 valence electrons. The SMILES string of the molecule is COc1ccc(-c2n[nH]c3c2CN(C)CC3)cc1[N+](=O)[O-]. The molecule has 0 saturated heterocycles. The first kappa shape index (κ1) is 13.6. The van der Waals surface area contributed by atoms with E-state index in [1.54, 1.807) is 12.1 Å². The smallest absolute Gasteiger partial charge is 0.311 e. The predicted molar refractivity (Wildman–Crippen MR) is 77.3 cm³/mol. The van der Waals surface area contributed by atoms with Crippen LogP contribution in [0.15, 0.2) is 18.2 Å². The number of ether oxygens (including phenoxy) is 1. The largest absolute Gasteiger partial charge is 0.490 e. The van der Waals surface area contributed by atoms with E-state index in [4.69, 9.17) is 4.74 Å². The van der Waals surface area contributed by atoms with Crippen LogP contribution in [-0.4, -0.2) is 40.7 Å². The summed E-state index contributed by atoms with van der Waals surface area (Å²) in [5, 5.41) is 18.5. The van der Waals surface area contributed by atoms with E-state index in [1.165, 1.54) is 13.2 Å². The number of likely N-dealkylation sites (N-methyl/N-ethyl adjacent to an activating group) is 1. The number of rotatable bonds is 3. The van der Waals surface area contributed by atoms with Crippen molar-refractivity contribution in [2.45, 2.75) is 13.0 Å². The lowest BCUT2D eigenvalue weighted by Crippen LogP contribution is -2.26. The molecule has 3 rings (SSSR count). The Hall–Kier alpha value is -2.41. The number of benzene rings is 1. The maximum Gasteiger partial charge on any atom is 0.311 e. The average Bonchev–Trinajstić information content (AvgIpc) is 2.89. The van der Waals surface area contributed by atoms with Crippen LogP contribution in [0.4, 0.5) is 5.69 Å². The maximum atomic E-state index is 11.1. The van der Waals surface area contributed by atoms with Gasteiger partial charge in [-0.15, -0.1) is 0 Å². The third-order valence-electron chi connectivity index (χ3n) is 3.77. The first-order valence-electron chi connectivity index (χ1n) is 6.67. The number of nitrogens with one attached hydrogen (secondary N) is 1. The van der Waals surface area contributed by atoms with E-state index in [-0.39, 0.29) is 11.4 Å². The number of hydrogen-bond donors (Lipinski definition) is 1. The normalized spacial score (nSPS) is 14.8. The molecule has 1 N–H and O–H groups in total. The summed E-state index contributed by atoms with van der Waals surface area (Å²) < 4.78 is 5.03. The summed E-state index contributed by atoms with van der Waals surface area (Å²) in [6, 6.07) is 4.93. The van der Waals surface area contributed by atoms with Gasteiger partial charge < -0.3 is 9.64 Å². The van der Waals surface area contributed by atoms with E-state index in [2.05, 4.69) is 22.1 Å². The zero-order valence-electron chi connectivity index (χ0n) is 11.9. The third kappa shape index (κ3) is 2.36.